The van der Waals surface area contributed by atoms with Crippen LogP contribution in [0.5, 0.6) is 0 Å². The van der Waals surface area contributed by atoms with E-state index in [9.17, 15) is 0 Å². The number of rotatable bonds is 5. The molecule has 1 aliphatic rings. The monoisotopic (exact) mass is 283 g/mol. The summed E-state index contributed by atoms with van der Waals surface area (Å²) in [6, 6.07) is 0.671. The van der Waals surface area contributed by atoms with Crippen molar-refractivity contribution < 1.29 is 0 Å². The van der Waals surface area contributed by atoms with Gasteiger partial charge in [0.05, 0.1) is 23.0 Å². The number of halogens is 1. The van der Waals surface area contributed by atoms with Crippen molar-refractivity contribution in [3.63, 3.8) is 0 Å². The number of nitrogens with one attached hydrogen (secondary N) is 1. The summed E-state index contributed by atoms with van der Waals surface area (Å²) in [5.74, 6) is 0.831. The van der Waals surface area contributed by atoms with Crippen molar-refractivity contribution in [2.24, 2.45) is 5.92 Å². The molecule has 0 saturated heterocycles. The van der Waals surface area contributed by atoms with E-state index in [4.69, 9.17) is 11.6 Å². The van der Waals surface area contributed by atoms with Crippen molar-refractivity contribution in [1.29, 1.82) is 0 Å². The average molecular weight is 284 g/mol. The Labute approximate surface area is 121 Å². The molecule has 2 rings (SSSR count). The minimum atomic E-state index is 0.320. The van der Waals surface area contributed by atoms with Gasteiger partial charge in [0.2, 0.25) is 0 Å². The van der Waals surface area contributed by atoms with Crippen LogP contribution < -0.4 is 5.32 Å². The van der Waals surface area contributed by atoms with Crippen molar-refractivity contribution >= 4 is 11.6 Å². The van der Waals surface area contributed by atoms with Gasteiger partial charge in [-0.2, -0.15) is 5.10 Å². The first kappa shape index (κ1) is 14.9. The summed E-state index contributed by atoms with van der Waals surface area (Å²) in [7, 11) is 2.03. The standard InChI is InChI=1S/C15H26ClN3/c1-11(2)19-15(13(16)10-18-19)14(17-3)9-12-7-5-4-6-8-12/h10-12,14,17H,4-9H2,1-3H3. The Morgan fingerprint density at radius 3 is 2.63 bits per heavy atom. The highest BCUT2D eigenvalue weighted by molar-refractivity contribution is 6.31. The molecule has 1 aromatic rings. The molecule has 1 N–H and O–H groups in total. The molecule has 1 atom stereocenters. The van der Waals surface area contributed by atoms with Crippen LogP contribution in [0, 0.1) is 5.92 Å². The molecule has 1 aromatic heterocycles. The summed E-state index contributed by atoms with van der Waals surface area (Å²) >= 11 is 6.36. The topological polar surface area (TPSA) is 29.9 Å². The zero-order chi connectivity index (χ0) is 13.8. The Bertz CT molecular complexity index is 394. The molecule has 1 heterocycles. The van der Waals surface area contributed by atoms with E-state index >= 15 is 0 Å². The Morgan fingerprint density at radius 1 is 1.37 bits per heavy atom. The first-order valence-corrected chi connectivity index (χ1v) is 7.91. The summed E-state index contributed by atoms with van der Waals surface area (Å²) in [4.78, 5) is 0. The van der Waals surface area contributed by atoms with Crippen molar-refractivity contribution in [3.8, 4) is 0 Å². The molecule has 0 bridgehead atoms. The van der Waals surface area contributed by atoms with E-state index < -0.39 is 0 Å². The number of hydrogen-bond donors (Lipinski definition) is 1. The predicted molar refractivity (Wildman–Crippen MR) is 80.6 cm³/mol. The van der Waals surface area contributed by atoms with Gasteiger partial charge in [-0.05, 0) is 33.2 Å². The molecule has 3 nitrogen and oxygen atoms in total. The predicted octanol–water partition coefficient (Wildman–Crippen LogP) is 4.35. The zero-order valence-corrected chi connectivity index (χ0v) is 13.1. The van der Waals surface area contributed by atoms with Crippen LogP contribution in [0.15, 0.2) is 6.20 Å². The van der Waals surface area contributed by atoms with Gasteiger partial charge in [-0.3, -0.25) is 4.68 Å². The van der Waals surface area contributed by atoms with Crippen molar-refractivity contribution in [1.82, 2.24) is 15.1 Å². The second kappa shape index (κ2) is 6.76. The highest BCUT2D eigenvalue weighted by Gasteiger charge is 2.24. The average Bonchev–Trinajstić information content (AvgIpc) is 2.79. The van der Waals surface area contributed by atoms with E-state index in [0.29, 0.717) is 12.1 Å². The number of aromatic nitrogens is 2. The van der Waals surface area contributed by atoms with Crippen LogP contribution in [0.4, 0.5) is 0 Å². The van der Waals surface area contributed by atoms with E-state index in [0.717, 1.165) is 16.6 Å². The second-order valence-corrected chi connectivity index (χ2v) is 6.40. The smallest absolute Gasteiger partial charge is 0.0834 e. The minimum Gasteiger partial charge on any atom is -0.312 e. The van der Waals surface area contributed by atoms with Crippen LogP contribution in [-0.4, -0.2) is 16.8 Å². The Hall–Kier alpha value is -0.540. The fourth-order valence-electron chi connectivity index (χ4n) is 3.21. The van der Waals surface area contributed by atoms with Crippen LogP contribution in [0.1, 0.15) is 70.2 Å². The lowest BCUT2D eigenvalue weighted by Crippen LogP contribution is -2.25. The van der Waals surface area contributed by atoms with Crippen molar-refractivity contribution in [3.05, 3.63) is 16.9 Å². The third-order valence-electron chi connectivity index (χ3n) is 4.25. The molecule has 0 aromatic carbocycles. The maximum atomic E-state index is 6.36. The number of hydrogen-bond acceptors (Lipinski definition) is 2. The van der Waals surface area contributed by atoms with Gasteiger partial charge in [0.1, 0.15) is 0 Å². The first-order valence-electron chi connectivity index (χ1n) is 7.53. The SMILES string of the molecule is CNC(CC1CCCCC1)c1c(Cl)cnn1C(C)C. The zero-order valence-electron chi connectivity index (χ0n) is 12.3. The van der Waals surface area contributed by atoms with Gasteiger partial charge in [-0.1, -0.05) is 43.7 Å². The molecule has 108 valence electrons. The van der Waals surface area contributed by atoms with Crippen LogP contribution in [0.3, 0.4) is 0 Å². The molecule has 0 spiro atoms. The quantitative estimate of drug-likeness (QED) is 0.871. The van der Waals surface area contributed by atoms with Crippen LogP contribution >= 0.6 is 11.6 Å². The lowest BCUT2D eigenvalue weighted by molar-refractivity contribution is 0.297. The molecular formula is C15H26ClN3. The van der Waals surface area contributed by atoms with E-state index in [1.165, 1.54) is 38.5 Å². The van der Waals surface area contributed by atoms with Crippen LogP contribution in [0.25, 0.3) is 0 Å². The summed E-state index contributed by atoms with van der Waals surface area (Å²) in [5, 5.41) is 8.66. The van der Waals surface area contributed by atoms with Gasteiger partial charge in [-0.25, -0.2) is 0 Å². The molecule has 1 fully saturated rings. The summed E-state index contributed by atoms with van der Waals surface area (Å²) < 4.78 is 2.06. The van der Waals surface area contributed by atoms with Crippen LogP contribution in [-0.2, 0) is 0 Å². The molecular weight excluding hydrogens is 258 g/mol. The second-order valence-electron chi connectivity index (χ2n) is 6.00. The number of nitrogens with zero attached hydrogens (tertiary/aromatic N) is 2. The molecule has 0 radical (unpaired) electrons. The van der Waals surface area contributed by atoms with Crippen molar-refractivity contribution in [2.75, 3.05) is 7.05 Å². The van der Waals surface area contributed by atoms with Gasteiger partial charge in [0.15, 0.2) is 0 Å². The maximum Gasteiger partial charge on any atom is 0.0834 e. The molecule has 1 aliphatic carbocycles. The summed E-state index contributed by atoms with van der Waals surface area (Å²) in [5.41, 5.74) is 1.16. The fourth-order valence-corrected chi connectivity index (χ4v) is 3.47. The van der Waals surface area contributed by atoms with Gasteiger partial charge < -0.3 is 5.32 Å². The highest BCUT2D eigenvalue weighted by Crippen LogP contribution is 2.34. The van der Waals surface area contributed by atoms with E-state index in [2.05, 4.69) is 28.9 Å². The van der Waals surface area contributed by atoms with Gasteiger partial charge >= 0.3 is 0 Å². The molecule has 19 heavy (non-hydrogen) atoms. The lowest BCUT2D eigenvalue weighted by Gasteiger charge is -2.27. The minimum absolute atomic E-state index is 0.320. The van der Waals surface area contributed by atoms with E-state index in [-0.39, 0.29) is 0 Å². The molecule has 1 unspecified atom stereocenters. The molecule has 0 aliphatic heterocycles. The molecule has 4 heteroatoms. The molecule has 0 amide bonds. The maximum absolute atomic E-state index is 6.36. The normalized spacial score (nSPS) is 19.0. The van der Waals surface area contributed by atoms with Gasteiger partial charge in [0, 0.05) is 6.04 Å². The largest absolute Gasteiger partial charge is 0.312 e. The third-order valence-corrected chi connectivity index (χ3v) is 4.54. The Kier molecular flexibility index (Phi) is 5.28. The van der Waals surface area contributed by atoms with Gasteiger partial charge in [0.25, 0.3) is 0 Å². The Morgan fingerprint density at radius 2 is 2.05 bits per heavy atom. The third kappa shape index (κ3) is 3.51. The highest BCUT2D eigenvalue weighted by atomic mass is 35.5. The molecule has 1 saturated carbocycles. The van der Waals surface area contributed by atoms with E-state index in [1.807, 2.05) is 7.05 Å². The lowest BCUT2D eigenvalue weighted by atomic mass is 9.84. The van der Waals surface area contributed by atoms with Crippen LogP contribution in [0.2, 0.25) is 5.02 Å². The van der Waals surface area contributed by atoms with Gasteiger partial charge in [-0.15, -0.1) is 0 Å². The summed E-state index contributed by atoms with van der Waals surface area (Å²) in [6.45, 7) is 4.31. The van der Waals surface area contributed by atoms with E-state index in [1.54, 1.807) is 6.20 Å². The summed E-state index contributed by atoms with van der Waals surface area (Å²) in [6.07, 6.45) is 9.87. The fraction of sp³-hybridized carbons (Fsp3) is 0.800. The Balaban J connectivity index is 2.14. The van der Waals surface area contributed by atoms with Crippen molar-refractivity contribution in [2.45, 2.75) is 64.5 Å². The first-order chi connectivity index (χ1) is 9.13.